The van der Waals surface area contributed by atoms with Gasteiger partial charge in [0, 0.05) is 0 Å². The highest BCUT2D eigenvalue weighted by Crippen LogP contribution is 2.24. The normalized spacial score (nSPS) is 11.2. The SMILES string of the molecule is N#Cc1ccccc1S(=O)(=O)Nc1cccc2nonc12. The van der Waals surface area contributed by atoms with E-state index in [2.05, 4.69) is 19.7 Å². The molecule has 0 atom stereocenters. The van der Waals surface area contributed by atoms with E-state index >= 15 is 0 Å². The Morgan fingerprint density at radius 1 is 1.10 bits per heavy atom. The first kappa shape index (κ1) is 13.1. The second-order valence-electron chi connectivity index (χ2n) is 4.15. The predicted octanol–water partition coefficient (Wildman–Crippen LogP) is 1.90. The molecule has 0 radical (unpaired) electrons. The lowest BCUT2D eigenvalue weighted by atomic mass is 10.2. The third kappa shape index (κ3) is 2.30. The fraction of sp³-hybridized carbons (Fsp3) is 0. The molecule has 21 heavy (non-hydrogen) atoms. The number of hydrogen-bond donors (Lipinski definition) is 1. The molecule has 7 nitrogen and oxygen atoms in total. The Morgan fingerprint density at radius 3 is 2.71 bits per heavy atom. The van der Waals surface area contributed by atoms with Gasteiger partial charge in [0.2, 0.25) is 0 Å². The number of rotatable bonds is 3. The van der Waals surface area contributed by atoms with Crippen LogP contribution in [-0.2, 0) is 10.0 Å². The number of benzene rings is 2. The molecule has 0 aliphatic heterocycles. The Balaban J connectivity index is 2.08. The molecule has 0 amide bonds. The molecule has 1 N–H and O–H groups in total. The molecule has 1 heterocycles. The van der Waals surface area contributed by atoms with Gasteiger partial charge in [0.15, 0.2) is 5.52 Å². The minimum absolute atomic E-state index is 0.0652. The molecule has 0 spiro atoms. The topological polar surface area (TPSA) is 109 Å². The minimum Gasteiger partial charge on any atom is -0.277 e. The average Bonchev–Trinajstić information content (AvgIpc) is 2.96. The molecule has 8 heteroatoms. The van der Waals surface area contributed by atoms with Crippen LogP contribution in [0.25, 0.3) is 11.0 Å². The smallest absolute Gasteiger partial charge is 0.263 e. The van der Waals surface area contributed by atoms with E-state index in [1.807, 2.05) is 6.07 Å². The molecule has 1 aromatic heterocycles. The van der Waals surface area contributed by atoms with Crippen LogP contribution in [0.3, 0.4) is 0 Å². The van der Waals surface area contributed by atoms with E-state index in [1.54, 1.807) is 30.3 Å². The quantitative estimate of drug-likeness (QED) is 0.791. The van der Waals surface area contributed by atoms with Crippen LogP contribution in [0.2, 0.25) is 0 Å². The molecular formula is C13H8N4O3S. The summed E-state index contributed by atoms with van der Waals surface area (Å²) < 4.78 is 31.8. The van der Waals surface area contributed by atoms with Crippen LogP contribution >= 0.6 is 0 Å². The van der Waals surface area contributed by atoms with Crippen molar-refractivity contribution in [2.75, 3.05) is 4.72 Å². The maximum atomic E-state index is 12.4. The van der Waals surface area contributed by atoms with E-state index < -0.39 is 10.0 Å². The molecule has 0 aliphatic rings. The van der Waals surface area contributed by atoms with Gasteiger partial charge in [0.05, 0.1) is 11.3 Å². The zero-order valence-electron chi connectivity index (χ0n) is 10.5. The van der Waals surface area contributed by atoms with E-state index in [0.717, 1.165) is 0 Å². The van der Waals surface area contributed by atoms with E-state index in [-0.39, 0.29) is 16.1 Å². The summed E-state index contributed by atoms with van der Waals surface area (Å²) in [4.78, 5) is -0.0963. The van der Waals surface area contributed by atoms with Crippen LogP contribution in [0.5, 0.6) is 0 Å². The van der Waals surface area contributed by atoms with Crippen LogP contribution in [0.4, 0.5) is 5.69 Å². The van der Waals surface area contributed by atoms with E-state index in [1.165, 1.54) is 12.1 Å². The monoisotopic (exact) mass is 300 g/mol. The highest BCUT2D eigenvalue weighted by atomic mass is 32.2. The summed E-state index contributed by atoms with van der Waals surface area (Å²) in [5.41, 5.74) is 1.04. The van der Waals surface area contributed by atoms with Crippen molar-refractivity contribution in [1.82, 2.24) is 10.3 Å². The summed E-state index contributed by atoms with van der Waals surface area (Å²) in [5, 5.41) is 16.3. The van der Waals surface area contributed by atoms with Crippen LogP contribution in [-0.4, -0.2) is 18.7 Å². The molecule has 0 aliphatic carbocycles. The van der Waals surface area contributed by atoms with Crippen LogP contribution in [0.15, 0.2) is 52.0 Å². The number of nitriles is 1. The molecule has 3 rings (SSSR count). The minimum atomic E-state index is -3.91. The second-order valence-corrected chi connectivity index (χ2v) is 5.80. The lowest BCUT2D eigenvalue weighted by Crippen LogP contribution is -2.14. The Kier molecular flexibility index (Phi) is 3.04. The van der Waals surface area contributed by atoms with Crippen molar-refractivity contribution in [2.24, 2.45) is 0 Å². The van der Waals surface area contributed by atoms with Crippen molar-refractivity contribution < 1.29 is 13.0 Å². The largest absolute Gasteiger partial charge is 0.277 e. The zero-order chi connectivity index (χ0) is 14.9. The lowest BCUT2D eigenvalue weighted by Gasteiger charge is -2.09. The van der Waals surface area contributed by atoms with E-state index in [0.29, 0.717) is 11.0 Å². The number of fused-ring (bicyclic) bond motifs is 1. The standard InChI is InChI=1S/C13H8N4O3S/c14-8-9-4-1-2-7-12(9)21(18,19)17-11-6-3-5-10-13(11)16-20-15-10/h1-7,17H. The number of aromatic nitrogens is 2. The summed E-state index contributed by atoms with van der Waals surface area (Å²) in [5.74, 6) is 0. The average molecular weight is 300 g/mol. The van der Waals surface area contributed by atoms with Crippen molar-refractivity contribution >= 4 is 26.7 Å². The third-order valence-electron chi connectivity index (χ3n) is 2.83. The van der Waals surface area contributed by atoms with Gasteiger partial charge < -0.3 is 0 Å². The third-order valence-corrected chi connectivity index (χ3v) is 4.25. The van der Waals surface area contributed by atoms with E-state index in [4.69, 9.17) is 5.26 Å². The fourth-order valence-electron chi connectivity index (χ4n) is 1.88. The molecule has 2 aromatic carbocycles. The van der Waals surface area contributed by atoms with Crippen molar-refractivity contribution in [1.29, 1.82) is 5.26 Å². The highest BCUT2D eigenvalue weighted by Gasteiger charge is 2.20. The van der Waals surface area contributed by atoms with Gasteiger partial charge >= 0.3 is 0 Å². The molecule has 3 aromatic rings. The Hall–Kier alpha value is -2.92. The van der Waals surface area contributed by atoms with Crippen LogP contribution in [0, 0.1) is 11.3 Å². The second kappa shape index (κ2) is 4.88. The fourth-order valence-corrected chi connectivity index (χ4v) is 3.11. The molecule has 0 saturated heterocycles. The van der Waals surface area contributed by atoms with Gasteiger partial charge in [-0.05, 0) is 34.6 Å². The number of nitrogens with zero attached hydrogens (tertiary/aromatic N) is 3. The molecular weight excluding hydrogens is 292 g/mol. The van der Waals surface area contributed by atoms with E-state index in [9.17, 15) is 8.42 Å². The predicted molar refractivity (Wildman–Crippen MR) is 73.8 cm³/mol. The summed E-state index contributed by atoms with van der Waals surface area (Å²) in [6, 6.07) is 12.6. The van der Waals surface area contributed by atoms with Crippen molar-refractivity contribution in [3.05, 3.63) is 48.0 Å². The Bertz CT molecular complexity index is 957. The van der Waals surface area contributed by atoms with Gasteiger partial charge in [-0.3, -0.25) is 4.72 Å². The maximum Gasteiger partial charge on any atom is 0.263 e. The van der Waals surface area contributed by atoms with Gasteiger partial charge in [0.25, 0.3) is 10.0 Å². The molecule has 0 saturated carbocycles. The van der Waals surface area contributed by atoms with Gasteiger partial charge in [-0.15, -0.1) is 0 Å². The molecule has 0 unspecified atom stereocenters. The summed E-state index contributed by atoms with van der Waals surface area (Å²) in [7, 11) is -3.91. The molecule has 0 fully saturated rings. The first-order chi connectivity index (χ1) is 10.1. The lowest BCUT2D eigenvalue weighted by molar-refractivity contribution is 0.315. The van der Waals surface area contributed by atoms with Gasteiger partial charge in [-0.2, -0.15) is 5.26 Å². The number of hydrogen-bond acceptors (Lipinski definition) is 6. The highest BCUT2D eigenvalue weighted by molar-refractivity contribution is 7.92. The van der Waals surface area contributed by atoms with Crippen LogP contribution < -0.4 is 4.72 Å². The molecule has 104 valence electrons. The first-order valence-electron chi connectivity index (χ1n) is 5.85. The van der Waals surface area contributed by atoms with Gasteiger partial charge in [0.1, 0.15) is 16.5 Å². The van der Waals surface area contributed by atoms with Crippen molar-refractivity contribution in [3.8, 4) is 6.07 Å². The Labute approximate surface area is 119 Å². The van der Waals surface area contributed by atoms with Crippen molar-refractivity contribution in [2.45, 2.75) is 4.90 Å². The van der Waals surface area contributed by atoms with Crippen molar-refractivity contribution in [3.63, 3.8) is 0 Å². The summed E-state index contributed by atoms with van der Waals surface area (Å²) in [6.45, 7) is 0. The number of nitrogens with one attached hydrogen (secondary N) is 1. The first-order valence-corrected chi connectivity index (χ1v) is 7.33. The molecule has 0 bridgehead atoms. The maximum absolute atomic E-state index is 12.4. The zero-order valence-corrected chi connectivity index (χ0v) is 11.3. The number of sulfonamides is 1. The Morgan fingerprint density at radius 2 is 1.90 bits per heavy atom. The summed E-state index contributed by atoms with van der Waals surface area (Å²) in [6.07, 6.45) is 0. The summed E-state index contributed by atoms with van der Waals surface area (Å²) >= 11 is 0. The van der Waals surface area contributed by atoms with Crippen LogP contribution in [0.1, 0.15) is 5.56 Å². The van der Waals surface area contributed by atoms with Gasteiger partial charge in [-0.1, -0.05) is 18.2 Å². The number of anilines is 1. The van der Waals surface area contributed by atoms with Gasteiger partial charge in [-0.25, -0.2) is 13.0 Å².